The van der Waals surface area contributed by atoms with Gasteiger partial charge in [-0.25, -0.2) is 18.2 Å². The summed E-state index contributed by atoms with van der Waals surface area (Å²) in [6.07, 6.45) is 2.33. The van der Waals surface area contributed by atoms with Crippen LogP contribution < -0.4 is 10.1 Å². The van der Waals surface area contributed by atoms with Gasteiger partial charge in [-0.15, -0.1) is 0 Å². The lowest BCUT2D eigenvalue weighted by molar-refractivity contribution is 0.0771. The summed E-state index contributed by atoms with van der Waals surface area (Å²) in [7, 11) is -2.32. The van der Waals surface area contributed by atoms with E-state index in [1.54, 1.807) is 38.0 Å². The van der Waals surface area contributed by atoms with E-state index in [-0.39, 0.29) is 52.3 Å². The molecule has 1 aliphatic heterocycles. The largest absolute Gasteiger partial charge is 0.497 e. The highest BCUT2D eigenvalue weighted by atomic mass is 32.2. The Hall–Kier alpha value is -3.12. The van der Waals surface area contributed by atoms with E-state index in [0.717, 1.165) is 12.8 Å². The van der Waals surface area contributed by atoms with Gasteiger partial charge in [0.15, 0.2) is 5.69 Å². The molecule has 2 atom stereocenters. The number of carboxylic acid groups (broad SMARTS) is 1. The number of methoxy groups -OCH3 is 1. The number of sulfonamides is 1. The van der Waals surface area contributed by atoms with Crippen LogP contribution >= 0.6 is 0 Å². The van der Waals surface area contributed by atoms with Crippen LogP contribution in [0.4, 0.5) is 4.79 Å². The summed E-state index contributed by atoms with van der Waals surface area (Å²) in [5, 5.41) is 11.9. The normalized spacial score (nSPS) is 18.8. The van der Waals surface area contributed by atoms with Crippen LogP contribution in [-0.2, 0) is 16.6 Å². The molecule has 2 heterocycles. The lowest BCUT2D eigenvalue weighted by Gasteiger charge is -2.35. The van der Waals surface area contributed by atoms with E-state index in [4.69, 9.17) is 9.15 Å². The molecule has 2 aromatic rings. The van der Waals surface area contributed by atoms with Crippen LogP contribution in [0.2, 0.25) is 0 Å². The summed E-state index contributed by atoms with van der Waals surface area (Å²) in [4.78, 5) is 30.8. The van der Waals surface area contributed by atoms with Crippen LogP contribution in [0.1, 0.15) is 67.5 Å². The van der Waals surface area contributed by atoms with Crippen molar-refractivity contribution in [3.63, 3.8) is 0 Å². The number of aryl methyl sites for hydroxylation is 2. The molecule has 0 radical (unpaired) electrons. The van der Waals surface area contributed by atoms with E-state index in [9.17, 15) is 23.1 Å². The molecule has 4 rings (SSSR count). The van der Waals surface area contributed by atoms with Crippen LogP contribution in [-0.4, -0.2) is 72.0 Å². The fourth-order valence-corrected chi connectivity index (χ4v) is 7.57. The fraction of sp³-hybridized carbons (Fsp3) is 0.593. The van der Waals surface area contributed by atoms with Gasteiger partial charge < -0.3 is 24.5 Å². The first kappa shape index (κ1) is 28.9. The fourth-order valence-electron chi connectivity index (χ4n) is 5.52. The van der Waals surface area contributed by atoms with E-state index in [1.807, 2.05) is 20.8 Å². The molecule has 1 aromatic carbocycles. The van der Waals surface area contributed by atoms with Gasteiger partial charge >= 0.3 is 6.09 Å². The van der Waals surface area contributed by atoms with Crippen molar-refractivity contribution in [3.8, 4) is 5.75 Å². The van der Waals surface area contributed by atoms with Gasteiger partial charge in [-0.05, 0) is 67.7 Å². The monoisotopic (exact) mass is 562 g/mol. The number of hydrogen-bond acceptors (Lipinski definition) is 7. The predicted octanol–water partition coefficient (Wildman–Crippen LogP) is 3.80. The molecular formula is C27H38N4O7S. The summed E-state index contributed by atoms with van der Waals surface area (Å²) in [5.41, 5.74) is 0.973. The number of nitrogens with zero attached hydrogens (tertiary/aromatic N) is 3. The number of oxazole rings is 1. The SMILES string of the molecule is COc1cc(C)c(S(=O)(=O)N(Cc2nc(C(=O)N3CCC(C(NC(=O)O)C(C)(C)C)C3)co2)C2CC2)c(C)c1. The van der Waals surface area contributed by atoms with Gasteiger partial charge in [0.05, 0.1) is 18.6 Å². The molecule has 2 unspecified atom stereocenters. The summed E-state index contributed by atoms with van der Waals surface area (Å²) in [6.45, 7) is 10.2. The average Bonchev–Trinajstić information content (AvgIpc) is 3.35. The number of carbonyl (C=O) groups excluding carboxylic acids is 1. The highest BCUT2D eigenvalue weighted by Crippen LogP contribution is 2.37. The van der Waals surface area contributed by atoms with Gasteiger partial charge in [0.25, 0.3) is 5.91 Å². The zero-order valence-corrected chi connectivity index (χ0v) is 24.2. The summed E-state index contributed by atoms with van der Waals surface area (Å²) in [5.74, 6) is 0.379. The maximum Gasteiger partial charge on any atom is 0.404 e. The predicted molar refractivity (Wildman–Crippen MR) is 143 cm³/mol. The Labute approximate surface area is 229 Å². The molecule has 11 nitrogen and oxygen atoms in total. The lowest BCUT2D eigenvalue weighted by Crippen LogP contribution is -2.49. The minimum Gasteiger partial charge on any atom is -0.497 e. The van der Waals surface area contributed by atoms with Crippen molar-refractivity contribution in [2.75, 3.05) is 20.2 Å². The quantitative estimate of drug-likeness (QED) is 0.470. The van der Waals surface area contributed by atoms with E-state index in [0.29, 0.717) is 36.4 Å². The molecule has 1 aliphatic carbocycles. The van der Waals surface area contributed by atoms with Crippen LogP contribution in [0.3, 0.4) is 0 Å². The second-order valence-electron chi connectivity index (χ2n) is 11.6. The maximum atomic E-state index is 13.8. The Morgan fingerprint density at radius 3 is 2.41 bits per heavy atom. The van der Waals surface area contributed by atoms with Crippen LogP contribution in [0.15, 0.2) is 27.7 Å². The van der Waals surface area contributed by atoms with E-state index < -0.39 is 16.1 Å². The highest BCUT2D eigenvalue weighted by molar-refractivity contribution is 7.89. The third-order valence-electron chi connectivity index (χ3n) is 7.45. The molecule has 1 saturated heterocycles. The third kappa shape index (κ3) is 6.22. The summed E-state index contributed by atoms with van der Waals surface area (Å²) in [6, 6.07) is 2.93. The number of rotatable bonds is 9. The maximum absolute atomic E-state index is 13.8. The van der Waals surface area contributed by atoms with E-state index in [2.05, 4.69) is 10.3 Å². The van der Waals surface area contributed by atoms with Gasteiger partial charge in [0.2, 0.25) is 15.9 Å². The Bertz CT molecular complexity index is 1320. The molecule has 0 spiro atoms. The summed E-state index contributed by atoms with van der Waals surface area (Å²) >= 11 is 0. The summed E-state index contributed by atoms with van der Waals surface area (Å²) < 4.78 is 39.8. The molecule has 1 saturated carbocycles. The Kier molecular flexibility index (Phi) is 8.00. The second kappa shape index (κ2) is 10.8. The number of benzene rings is 1. The number of ether oxygens (including phenoxy) is 1. The number of hydrogen-bond donors (Lipinski definition) is 2. The van der Waals surface area contributed by atoms with Crippen molar-refractivity contribution < 1.29 is 32.3 Å². The molecule has 2 fully saturated rings. The van der Waals surface area contributed by atoms with Crippen molar-refractivity contribution in [3.05, 3.63) is 41.1 Å². The van der Waals surface area contributed by atoms with Crippen molar-refractivity contribution in [2.24, 2.45) is 11.3 Å². The Morgan fingerprint density at radius 2 is 1.87 bits per heavy atom. The molecule has 2 amide bonds. The van der Waals surface area contributed by atoms with E-state index >= 15 is 0 Å². The zero-order valence-electron chi connectivity index (χ0n) is 23.4. The first-order chi connectivity index (χ1) is 18.2. The van der Waals surface area contributed by atoms with Crippen molar-refractivity contribution in [2.45, 2.75) is 77.4 Å². The Morgan fingerprint density at radius 1 is 1.23 bits per heavy atom. The first-order valence-corrected chi connectivity index (χ1v) is 14.6. The van der Waals surface area contributed by atoms with Crippen LogP contribution in [0, 0.1) is 25.2 Å². The standard InChI is InChI=1S/C27H38N4O7S/c1-16-11-20(37-6)12-17(2)23(16)39(35,36)31(19-7-8-19)14-22-28-21(15-38-22)25(32)30-10-9-18(13-30)24(27(3,4)5)29-26(33)34/h11-12,15,18-19,24,29H,7-10,13-14H2,1-6H3,(H,33,34). The smallest absolute Gasteiger partial charge is 0.404 e. The molecular weight excluding hydrogens is 524 g/mol. The van der Waals surface area contributed by atoms with E-state index in [1.165, 1.54) is 10.6 Å². The van der Waals surface area contributed by atoms with Crippen LogP contribution in [0.25, 0.3) is 0 Å². The molecule has 2 N–H and O–H groups in total. The number of aromatic nitrogens is 1. The van der Waals surface area contributed by atoms with Gasteiger partial charge in [-0.1, -0.05) is 20.8 Å². The second-order valence-corrected chi connectivity index (χ2v) is 13.4. The number of carbonyl (C=O) groups is 2. The zero-order chi connectivity index (χ0) is 28.7. The molecule has 0 bridgehead atoms. The average molecular weight is 563 g/mol. The molecule has 1 aromatic heterocycles. The molecule has 12 heteroatoms. The van der Waals surface area contributed by atoms with Crippen molar-refractivity contribution in [1.82, 2.24) is 19.5 Å². The molecule has 2 aliphatic rings. The molecule has 214 valence electrons. The molecule has 39 heavy (non-hydrogen) atoms. The highest BCUT2D eigenvalue weighted by Gasteiger charge is 2.42. The van der Waals surface area contributed by atoms with Crippen LogP contribution in [0.5, 0.6) is 5.75 Å². The third-order valence-corrected chi connectivity index (χ3v) is 9.65. The number of nitrogens with one attached hydrogen (secondary N) is 1. The van der Waals surface area contributed by atoms with Gasteiger partial charge in [0.1, 0.15) is 12.0 Å². The number of amides is 2. The number of likely N-dealkylation sites (tertiary alicyclic amines) is 1. The first-order valence-electron chi connectivity index (χ1n) is 13.1. The van der Waals surface area contributed by atoms with Gasteiger partial charge in [0, 0.05) is 25.2 Å². The Balaban J connectivity index is 1.50. The topological polar surface area (TPSA) is 142 Å². The van der Waals surface area contributed by atoms with Gasteiger partial charge in [-0.3, -0.25) is 4.79 Å². The lowest BCUT2D eigenvalue weighted by atomic mass is 9.78. The van der Waals surface area contributed by atoms with Gasteiger partial charge in [-0.2, -0.15) is 4.31 Å². The minimum atomic E-state index is -3.86. The van der Waals surface area contributed by atoms with Crippen molar-refractivity contribution in [1.29, 1.82) is 0 Å². The van der Waals surface area contributed by atoms with Crippen molar-refractivity contribution >= 4 is 22.0 Å². The minimum absolute atomic E-state index is 0.0390.